The van der Waals surface area contributed by atoms with Crippen molar-refractivity contribution in [1.82, 2.24) is 5.32 Å². The summed E-state index contributed by atoms with van der Waals surface area (Å²) in [5.74, 6) is 0.920. The van der Waals surface area contributed by atoms with Gasteiger partial charge in [0.05, 0.1) is 5.92 Å². The molecule has 1 saturated carbocycles. The summed E-state index contributed by atoms with van der Waals surface area (Å²) in [6, 6.07) is 0. The lowest BCUT2D eigenvalue weighted by Crippen LogP contribution is -2.33. The van der Waals surface area contributed by atoms with Gasteiger partial charge in [-0.3, -0.25) is 10.1 Å². The summed E-state index contributed by atoms with van der Waals surface area (Å²) in [7, 11) is -2.04. The van der Waals surface area contributed by atoms with Crippen molar-refractivity contribution in [3.63, 3.8) is 0 Å². The van der Waals surface area contributed by atoms with Crippen molar-refractivity contribution in [2.24, 2.45) is 11.8 Å². The molecule has 1 aliphatic rings. The summed E-state index contributed by atoms with van der Waals surface area (Å²) in [5, 5.41) is 2.06. The van der Waals surface area contributed by atoms with E-state index in [0.29, 0.717) is 6.42 Å². The summed E-state index contributed by atoms with van der Waals surface area (Å²) in [5.41, 5.74) is 1.00. The van der Waals surface area contributed by atoms with Crippen LogP contribution in [-0.2, 0) is 14.3 Å². The Morgan fingerprint density at radius 2 is 2.12 bits per heavy atom. The summed E-state index contributed by atoms with van der Waals surface area (Å²) in [6.45, 7) is 2.75. The quantitative estimate of drug-likeness (QED) is 0.259. The van der Waals surface area contributed by atoms with E-state index in [1.54, 1.807) is 13.8 Å². The Hall–Kier alpha value is -1.24. The van der Waals surface area contributed by atoms with Crippen molar-refractivity contribution in [3.8, 4) is 0 Å². The van der Waals surface area contributed by atoms with Gasteiger partial charge in [0.1, 0.15) is 0 Å². The Morgan fingerprint density at radius 1 is 1.40 bits per heavy atom. The maximum atomic E-state index is 13.8. The number of halogens is 1. The number of esters is 1. The van der Waals surface area contributed by atoms with Crippen molar-refractivity contribution in [2.75, 3.05) is 6.79 Å². The van der Waals surface area contributed by atoms with E-state index in [-0.39, 0.29) is 18.3 Å². The smallest absolute Gasteiger partial charge is 0.412 e. The van der Waals surface area contributed by atoms with Crippen molar-refractivity contribution in [2.45, 2.75) is 58.7 Å². The third-order valence-corrected chi connectivity index (χ3v) is 4.52. The van der Waals surface area contributed by atoms with Crippen LogP contribution in [0, 0.1) is 11.8 Å². The minimum absolute atomic E-state index is 0.145. The van der Waals surface area contributed by atoms with Crippen LogP contribution < -0.4 is 5.32 Å². The zero-order valence-corrected chi connectivity index (χ0v) is 15.5. The first-order chi connectivity index (χ1) is 11.8. The molecule has 0 saturated heterocycles. The second-order valence-electron chi connectivity index (χ2n) is 6.43. The van der Waals surface area contributed by atoms with Crippen LogP contribution in [0.3, 0.4) is 0 Å². The molecule has 1 amide bonds. The van der Waals surface area contributed by atoms with Gasteiger partial charge in [0.25, 0.3) is 0 Å². The molecule has 1 aliphatic carbocycles. The fraction of sp³-hybridized carbons (Fsp3) is 0.750. The molecule has 9 heteroatoms. The number of nitrogens with one attached hydrogen (secondary N) is 1. The lowest BCUT2D eigenvalue weighted by atomic mass is 9.83. The van der Waals surface area contributed by atoms with Crippen molar-refractivity contribution in [3.05, 3.63) is 11.4 Å². The lowest BCUT2D eigenvalue weighted by molar-refractivity contribution is -0.155. The highest BCUT2D eigenvalue weighted by Crippen LogP contribution is 2.37. The number of allylic oxidation sites excluding steroid dienone is 1. The van der Waals surface area contributed by atoms with E-state index in [0.717, 1.165) is 31.3 Å². The fourth-order valence-corrected chi connectivity index (χ4v) is 3.21. The Kier molecular flexibility index (Phi) is 9.93. The average molecular weight is 379 g/mol. The first kappa shape index (κ1) is 21.8. The first-order valence-electron chi connectivity index (χ1n) is 8.38. The third kappa shape index (κ3) is 9.72. The molecule has 3 N–H and O–H groups in total. The molecule has 0 heterocycles. The van der Waals surface area contributed by atoms with Crippen molar-refractivity contribution in [1.29, 1.82) is 0 Å². The summed E-state index contributed by atoms with van der Waals surface area (Å²) in [4.78, 5) is 40.6. The Balaban J connectivity index is 2.22. The lowest BCUT2D eigenvalue weighted by Gasteiger charge is -2.25. The van der Waals surface area contributed by atoms with Gasteiger partial charge >= 0.3 is 12.1 Å². The molecule has 0 aromatic carbocycles. The van der Waals surface area contributed by atoms with Gasteiger partial charge in [0.15, 0.2) is 14.7 Å². The van der Waals surface area contributed by atoms with Crippen LogP contribution >= 0.6 is 8.38 Å². The number of amides is 1. The van der Waals surface area contributed by atoms with Gasteiger partial charge in [-0.1, -0.05) is 19.4 Å². The van der Waals surface area contributed by atoms with E-state index >= 15 is 0 Å². The molecular weight excluding hydrogens is 352 g/mol. The van der Waals surface area contributed by atoms with E-state index in [1.165, 1.54) is 5.82 Å². The molecule has 0 aromatic heterocycles. The van der Waals surface area contributed by atoms with Gasteiger partial charge in [-0.25, -0.2) is 9.18 Å². The van der Waals surface area contributed by atoms with Crippen molar-refractivity contribution >= 4 is 20.4 Å². The number of hydrogen-bond donors (Lipinski definition) is 3. The predicted octanol–water partition coefficient (Wildman–Crippen LogP) is 3.32. The van der Waals surface area contributed by atoms with Gasteiger partial charge < -0.3 is 19.3 Å². The number of carbonyl (C=O) groups is 2. The Bertz CT molecular complexity index is 472. The SMILES string of the molecule is CC(C)C(=O)OCOC(=O)NC(F)CCC1CCCC(=CP(O)O)C1. The van der Waals surface area contributed by atoms with Crippen LogP contribution in [-0.4, -0.2) is 34.9 Å². The van der Waals surface area contributed by atoms with Gasteiger partial charge in [-0.05, 0) is 50.3 Å². The number of rotatable bonds is 8. The second kappa shape index (κ2) is 11.4. The number of alkyl carbamates (subject to hydrolysis) is 1. The van der Waals surface area contributed by atoms with Gasteiger partial charge in [0.2, 0.25) is 6.79 Å². The standard InChI is InChI=1S/C16H27FNO6P/c1-11(2)15(19)23-10-24-16(20)18-14(17)7-6-12-4-3-5-13(8-12)9-25(21)22/h9,11-12,14,21-22H,3-8,10H2,1-2H3,(H,18,20). The van der Waals surface area contributed by atoms with Crippen LogP contribution in [0.4, 0.5) is 9.18 Å². The normalized spacial score (nSPS) is 20.6. The minimum atomic E-state index is -2.04. The maximum absolute atomic E-state index is 13.8. The number of hydrogen-bond acceptors (Lipinski definition) is 6. The second-order valence-corrected chi connectivity index (χ2v) is 7.33. The minimum Gasteiger partial charge on any atom is -0.428 e. The predicted molar refractivity (Wildman–Crippen MR) is 90.9 cm³/mol. The van der Waals surface area contributed by atoms with Gasteiger partial charge in [-0.15, -0.1) is 0 Å². The summed E-state index contributed by atoms with van der Waals surface area (Å²) in [6.07, 6.45) is 1.66. The molecule has 2 atom stereocenters. The van der Waals surface area contributed by atoms with E-state index < -0.39 is 33.5 Å². The van der Waals surface area contributed by atoms with Crippen LogP contribution in [0.1, 0.15) is 52.4 Å². The van der Waals surface area contributed by atoms with Crippen LogP contribution in [0.15, 0.2) is 11.4 Å². The topological polar surface area (TPSA) is 105 Å². The highest BCUT2D eigenvalue weighted by atomic mass is 31.2. The number of carbonyl (C=O) groups excluding carboxylic acids is 2. The van der Waals surface area contributed by atoms with E-state index in [9.17, 15) is 14.0 Å². The molecule has 1 rings (SSSR count). The van der Waals surface area contributed by atoms with E-state index in [1.807, 2.05) is 0 Å². The Labute approximate surface area is 148 Å². The van der Waals surface area contributed by atoms with Gasteiger partial charge in [0, 0.05) is 0 Å². The summed E-state index contributed by atoms with van der Waals surface area (Å²) >= 11 is 0. The molecule has 25 heavy (non-hydrogen) atoms. The highest BCUT2D eigenvalue weighted by molar-refractivity contribution is 7.48. The average Bonchev–Trinajstić information content (AvgIpc) is 2.52. The fourth-order valence-electron chi connectivity index (χ4n) is 2.65. The molecule has 0 bridgehead atoms. The molecule has 7 nitrogen and oxygen atoms in total. The molecule has 0 radical (unpaired) electrons. The Morgan fingerprint density at radius 3 is 2.76 bits per heavy atom. The molecule has 0 aromatic rings. The number of ether oxygens (including phenoxy) is 2. The molecule has 0 aliphatic heterocycles. The monoisotopic (exact) mass is 379 g/mol. The molecule has 2 unspecified atom stereocenters. The van der Waals surface area contributed by atoms with Crippen LogP contribution in [0.25, 0.3) is 0 Å². The van der Waals surface area contributed by atoms with E-state index in [2.05, 4.69) is 14.8 Å². The zero-order chi connectivity index (χ0) is 18.8. The largest absolute Gasteiger partial charge is 0.428 e. The van der Waals surface area contributed by atoms with Crippen molar-refractivity contribution < 1.29 is 33.2 Å². The molecule has 144 valence electrons. The van der Waals surface area contributed by atoms with Crippen LogP contribution in [0.2, 0.25) is 0 Å². The van der Waals surface area contributed by atoms with Crippen LogP contribution in [0.5, 0.6) is 0 Å². The highest BCUT2D eigenvalue weighted by Gasteiger charge is 2.20. The molecule has 1 fully saturated rings. The third-order valence-electron chi connectivity index (χ3n) is 3.92. The molecule has 0 spiro atoms. The molecular formula is C16H27FNO6P. The number of alkyl halides is 1. The van der Waals surface area contributed by atoms with Gasteiger partial charge in [-0.2, -0.15) is 0 Å². The maximum Gasteiger partial charge on any atom is 0.412 e. The zero-order valence-electron chi connectivity index (χ0n) is 14.6. The summed E-state index contributed by atoms with van der Waals surface area (Å²) < 4.78 is 23.1. The first-order valence-corrected chi connectivity index (χ1v) is 9.70. The van der Waals surface area contributed by atoms with E-state index in [4.69, 9.17) is 9.79 Å².